The Kier molecular flexibility index (Phi) is 11.4. The molecule has 4 aliphatic carbocycles. The van der Waals surface area contributed by atoms with Gasteiger partial charge in [-0.05, 0) is 147 Å². The second-order valence-corrected chi connectivity index (χ2v) is 16.9. The third kappa shape index (κ3) is 7.95. The largest absolute Gasteiger partial charge is 0.469 e. The quantitative estimate of drug-likeness (QED) is 0.129. The lowest BCUT2D eigenvalue weighted by atomic mass is 9.43. The standard InChI is InChI=1S/C43H60N2O6/c1-27(8-21-39(46)49-4)35-19-20-36-34-18-13-30-25-33(50-41(48)24-29-11-16-32(45)17-12-29)22-23-42(30,2)37(34)26-38(43(35,36)3)51-40(47)7-5-6-28-9-14-31(44)15-10-28/h9-12,14-17,27,30,33-38H,5-8,13,18-26,44-45H2,1-4H3/t27-,30-,33-,34+,35-,36+,37+,38+,42+,43-/m1/s1. The number of hydrogen-bond donors (Lipinski definition) is 2. The first-order valence-electron chi connectivity index (χ1n) is 19.5. The smallest absolute Gasteiger partial charge is 0.310 e. The fourth-order valence-electron chi connectivity index (χ4n) is 11.4. The zero-order valence-electron chi connectivity index (χ0n) is 31.2. The summed E-state index contributed by atoms with van der Waals surface area (Å²) in [7, 11) is 1.46. The predicted molar refractivity (Wildman–Crippen MR) is 199 cm³/mol. The lowest BCUT2D eigenvalue weighted by molar-refractivity contribution is -0.199. The summed E-state index contributed by atoms with van der Waals surface area (Å²) < 4.78 is 17.8. The monoisotopic (exact) mass is 700 g/mol. The Hall–Kier alpha value is -3.55. The van der Waals surface area contributed by atoms with E-state index in [2.05, 4.69) is 20.8 Å². The fourth-order valence-corrected chi connectivity index (χ4v) is 11.4. The molecule has 0 amide bonds. The summed E-state index contributed by atoms with van der Waals surface area (Å²) in [4.78, 5) is 38.8. The van der Waals surface area contributed by atoms with E-state index >= 15 is 0 Å². The molecule has 2 aromatic carbocycles. The number of benzene rings is 2. The van der Waals surface area contributed by atoms with Crippen LogP contribution in [0.4, 0.5) is 11.4 Å². The van der Waals surface area contributed by atoms with Gasteiger partial charge >= 0.3 is 17.9 Å². The summed E-state index contributed by atoms with van der Waals surface area (Å²) in [6, 6.07) is 15.3. The van der Waals surface area contributed by atoms with Crippen molar-refractivity contribution in [1.82, 2.24) is 0 Å². The SMILES string of the molecule is COC(=O)CC[C@@H](C)[C@H]1CC[C@H]2[C@@H]3CC[C@@H]4C[C@H](OC(=O)Cc5ccc(N)cc5)CC[C@]4(C)[C@H]3C[C@H](OC(=O)CCCc3ccc(N)cc3)[C@]12C. The van der Waals surface area contributed by atoms with Gasteiger partial charge in [0, 0.05) is 29.6 Å². The van der Waals surface area contributed by atoms with Crippen molar-refractivity contribution in [1.29, 1.82) is 0 Å². The van der Waals surface area contributed by atoms with E-state index in [-0.39, 0.29) is 47.4 Å². The molecule has 51 heavy (non-hydrogen) atoms. The normalized spacial score (nSPS) is 33.2. The number of fused-ring (bicyclic) bond motifs is 5. The van der Waals surface area contributed by atoms with Crippen LogP contribution >= 0.6 is 0 Å². The van der Waals surface area contributed by atoms with Crippen LogP contribution < -0.4 is 11.5 Å². The molecule has 4 N–H and O–H groups in total. The second-order valence-electron chi connectivity index (χ2n) is 16.9. The highest BCUT2D eigenvalue weighted by atomic mass is 16.5. The van der Waals surface area contributed by atoms with Gasteiger partial charge in [0.05, 0.1) is 13.5 Å². The van der Waals surface area contributed by atoms with Gasteiger partial charge < -0.3 is 25.7 Å². The molecule has 8 nitrogen and oxygen atoms in total. The van der Waals surface area contributed by atoms with Crippen LogP contribution in [0.3, 0.4) is 0 Å². The van der Waals surface area contributed by atoms with Crippen LogP contribution in [0.2, 0.25) is 0 Å². The van der Waals surface area contributed by atoms with Gasteiger partial charge in [-0.2, -0.15) is 0 Å². The molecule has 0 heterocycles. The number of anilines is 2. The van der Waals surface area contributed by atoms with Crippen LogP contribution in [0.15, 0.2) is 48.5 Å². The average Bonchev–Trinajstić information content (AvgIpc) is 3.47. The molecule has 0 spiro atoms. The zero-order chi connectivity index (χ0) is 36.3. The van der Waals surface area contributed by atoms with Gasteiger partial charge in [0.1, 0.15) is 12.2 Å². The maximum Gasteiger partial charge on any atom is 0.310 e. The van der Waals surface area contributed by atoms with Crippen LogP contribution in [0, 0.1) is 46.3 Å². The Morgan fingerprint density at radius 1 is 0.784 bits per heavy atom. The van der Waals surface area contributed by atoms with Crippen molar-refractivity contribution < 1.29 is 28.6 Å². The number of nitrogen functional groups attached to an aromatic ring is 2. The summed E-state index contributed by atoms with van der Waals surface area (Å²) in [6.45, 7) is 7.19. The van der Waals surface area contributed by atoms with E-state index < -0.39 is 0 Å². The summed E-state index contributed by atoms with van der Waals surface area (Å²) >= 11 is 0. The number of ether oxygens (including phenoxy) is 3. The fraction of sp³-hybridized carbons (Fsp3) is 0.651. The van der Waals surface area contributed by atoms with Crippen molar-refractivity contribution in [2.75, 3.05) is 18.6 Å². The number of nitrogens with two attached hydrogens (primary N) is 2. The summed E-state index contributed by atoms with van der Waals surface area (Å²) in [5.41, 5.74) is 15.2. The van der Waals surface area contributed by atoms with E-state index in [1.54, 1.807) is 0 Å². The van der Waals surface area contributed by atoms with Crippen molar-refractivity contribution in [3.05, 3.63) is 59.7 Å². The summed E-state index contributed by atoms with van der Waals surface area (Å²) in [6.07, 6.45) is 11.4. The molecule has 2 aromatic rings. The number of carbonyl (C=O) groups excluding carboxylic acids is 3. The van der Waals surface area contributed by atoms with Crippen LogP contribution in [0.25, 0.3) is 0 Å². The maximum atomic E-state index is 13.7. The molecule has 6 rings (SSSR count). The van der Waals surface area contributed by atoms with E-state index in [0.717, 1.165) is 75.5 Å². The molecule has 0 unspecified atom stereocenters. The van der Waals surface area contributed by atoms with Gasteiger partial charge in [-0.15, -0.1) is 0 Å². The number of methoxy groups -OCH3 is 1. The third-order valence-electron chi connectivity index (χ3n) is 14.2. The third-order valence-corrected chi connectivity index (χ3v) is 14.2. The lowest BCUT2D eigenvalue weighted by Crippen LogP contribution is -2.59. The van der Waals surface area contributed by atoms with E-state index in [9.17, 15) is 14.4 Å². The van der Waals surface area contributed by atoms with Gasteiger partial charge in [-0.25, -0.2) is 0 Å². The lowest BCUT2D eigenvalue weighted by Gasteiger charge is -2.62. The molecule has 0 aliphatic heterocycles. The average molecular weight is 701 g/mol. The topological polar surface area (TPSA) is 131 Å². The van der Waals surface area contributed by atoms with Crippen molar-refractivity contribution >= 4 is 29.3 Å². The van der Waals surface area contributed by atoms with Gasteiger partial charge in [0.25, 0.3) is 0 Å². The van der Waals surface area contributed by atoms with Crippen LogP contribution in [-0.4, -0.2) is 37.2 Å². The number of hydrogen-bond acceptors (Lipinski definition) is 8. The highest BCUT2D eigenvalue weighted by Gasteiger charge is 2.65. The van der Waals surface area contributed by atoms with Crippen LogP contribution in [-0.2, 0) is 41.4 Å². The Bertz CT molecular complexity index is 1530. The molecule has 0 aromatic heterocycles. The zero-order valence-corrected chi connectivity index (χ0v) is 31.2. The maximum absolute atomic E-state index is 13.7. The van der Waals surface area contributed by atoms with E-state index in [1.807, 2.05) is 48.5 Å². The number of carbonyl (C=O) groups is 3. The molecule has 278 valence electrons. The minimum atomic E-state index is -0.169. The van der Waals surface area contributed by atoms with Crippen LogP contribution in [0.1, 0.15) is 109 Å². The Labute approximate surface area is 304 Å². The van der Waals surface area contributed by atoms with Crippen LogP contribution in [0.5, 0.6) is 0 Å². The van der Waals surface area contributed by atoms with Gasteiger partial charge in [-0.1, -0.05) is 45.0 Å². The van der Waals surface area contributed by atoms with Gasteiger partial charge in [-0.3, -0.25) is 14.4 Å². The molecule has 4 aliphatic rings. The molecule has 0 saturated heterocycles. The Morgan fingerprint density at radius 2 is 1.47 bits per heavy atom. The number of aryl methyl sites for hydroxylation is 1. The molecule has 4 fully saturated rings. The molecule has 10 atom stereocenters. The first-order valence-corrected chi connectivity index (χ1v) is 19.5. The number of rotatable bonds is 12. The first kappa shape index (κ1) is 37.2. The molecule has 8 heteroatoms. The van der Waals surface area contributed by atoms with Crippen molar-refractivity contribution in [3.8, 4) is 0 Å². The predicted octanol–water partition coefficient (Wildman–Crippen LogP) is 8.10. The van der Waals surface area contributed by atoms with Crippen molar-refractivity contribution in [3.63, 3.8) is 0 Å². The molecular formula is C43H60N2O6. The highest BCUT2D eigenvalue weighted by Crippen LogP contribution is 2.69. The van der Waals surface area contributed by atoms with E-state index in [1.165, 1.54) is 19.1 Å². The highest BCUT2D eigenvalue weighted by molar-refractivity contribution is 5.73. The molecule has 0 bridgehead atoms. The van der Waals surface area contributed by atoms with Gasteiger partial charge in [0.15, 0.2) is 0 Å². The molecule has 4 saturated carbocycles. The Morgan fingerprint density at radius 3 is 2.16 bits per heavy atom. The minimum Gasteiger partial charge on any atom is -0.469 e. The van der Waals surface area contributed by atoms with Gasteiger partial charge in [0.2, 0.25) is 0 Å². The van der Waals surface area contributed by atoms with E-state index in [0.29, 0.717) is 54.0 Å². The summed E-state index contributed by atoms with van der Waals surface area (Å²) in [5, 5.41) is 0. The minimum absolute atomic E-state index is 0.0593. The van der Waals surface area contributed by atoms with Crippen molar-refractivity contribution in [2.24, 2.45) is 46.3 Å². The van der Waals surface area contributed by atoms with Crippen molar-refractivity contribution in [2.45, 2.75) is 123 Å². The number of esters is 3. The Balaban J connectivity index is 1.16. The second kappa shape index (κ2) is 15.6. The molecule has 0 radical (unpaired) electrons. The molecular weight excluding hydrogens is 640 g/mol. The summed E-state index contributed by atoms with van der Waals surface area (Å²) in [5.74, 6) is 2.26. The first-order chi connectivity index (χ1) is 24.4. The van der Waals surface area contributed by atoms with E-state index in [4.69, 9.17) is 25.7 Å².